The summed E-state index contributed by atoms with van der Waals surface area (Å²) in [6.07, 6.45) is 5.01. The first kappa shape index (κ1) is 17.7. The molecule has 4 aromatic rings. The van der Waals surface area contributed by atoms with Crippen molar-refractivity contribution in [1.82, 2.24) is 24.4 Å². The standard InChI is InChI=1S/C21H19N5O2/c1-15-6-8-17(9-7-15)26-20-18(5-3-11-23-20)25(21(26)28)14-19(27)24-13-16-4-2-10-22-12-16/h2-12H,13-14H2,1H3,(H,24,27). The first-order chi connectivity index (χ1) is 13.6. The molecule has 0 unspecified atom stereocenters. The molecular formula is C21H19N5O2. The van der Waals surface area contributed by atoms with Gasteiger partial charge in [-0.1, -0.05) is 23.8 Å². The zero-order chi connectivity index (χ0) is 19.5. The SMILES string of the molecule is Cc1ccc(-n2c(=O)n(CC(=O)NCc3cccnc3)c3cccnc32)cc1. The molecule has 140 valence electrons. The normalized spacial score (nSPS) is 10.9. The molecule has 0 aliphatic carbocycles. The molecule has 1 amide bonds. The Hall–Kier alpha value is -3.74. The molecule has 1 N–H and O–H groups in total. The van der Waals surface area contributed by atoms with Crippen LogP contribution in [-0.4, -0.2) is 25.0 Å². The monoisotopic (exact) mass is 373 g/mol. The first-order valence-corrected chi connectivity index (χ1v) is 8.92. The molecule has 4 rings (SSSR count). The number of aryl methyl sites for hydroxylation is 1. The molecule has 28 heavy (non-hydrogen) atoms. The molecule has 3 heterocycles. The molecule has 0 saturated heterocycles. The van der Waals surface area contributed by atoms with Gasteiger partial charge in [-0.15, -0.1) is 0 Å². The van der Waals surface area contributed by atoms with Crippen LogP contribution in [0.15, 0.2) is 71.9 Å². The summed E-state index contributed by atoms with van der Waals surface area (Å²) >= 11 is 0. The summed E-state index contributed by atoms with van der Waals surface area (Å²) in [5.74, 6) is -0.252. The molecule has 0 saturated carbocycles. The van der Waals surface area contributed by atoms with Gasteiger partial charge in [-0.2, -0.15) is 0 Å². The van der Waals surface area contributed by atoms with Crippen molar-refractivity contribution in [2.75, 3.05) is 0 Å². The van der Waals surface area contributed by atoms with Gasteiger partial charge in [-0.25, -0.2) is 14.3 Å². The van der Waals surface area contributed by atoms with E-state index in [0.29, 0.717) is 23.4 Å². The Morgan fingerprint density at radius 3 is 2.61 bits per heavy atom. The van der Waals surface area contributed by atoms with Crippen molar-refractivity contribution in [3.05, 3.63) is 88.7 Å². The van der Waals surface area contributed by atoms with E-state index >= 15 is 0 Å². The average Bonchev–Trinajstić information content (AvgIpc) is 3.00. The van der Waals surface area contributed by atoms with Crippen LogP contribution in [0.25, 0.3) is 16.9 Å². The summed E-state index contributed by atoms with van der Waals surface area (Å²) in [5.41, 5.74) is 3.55. The summed E-state index contributed by atoms with van der Waals surface area (Å²) in [6.45, 7) is 2.26. The molecule has 7 heteroatoms. The Balaban J connectivity index is 1.66. The third-order valence-corrected chi connectivity index (χ3v) is 4.50. The second kappa shape index (κ2) is 7.48. The maximum atomic E-state index is 13.1. The topological polar surface area (TPSA) is 81.8 Å². The molecule has 7 nitrogen and oxygen atoms in total. The lowest BCUT2D eigenvalue weighted by atomic mass is 10.2. The van der Waals surface area contributed by atoms with E-state index in [0.717, 1.165) is 11.1 Å². The molecule has 0 atom stereocenters. The average molecular weight is 373 g/mol. The molecule has 3 aromatic heterocycles. The number of nitrogens with zero attached hydrogens (tertiary/aromatic N) is 4. The number of carbonyl (C=O) groups is 1. The highest BCUT2D eigenvalue weighted by atomic mass is 16.2. The van der Waals surface area contributed by atoms with Crippen molar-refractivity contribution in [2.24, 2.45) is 0 Å². The van der Waals surface area contributed by atoms with E-state index in [-0.39, 0.29) is 18.1 Å². The van der Waals surface area contributed by atoms with Crippen molar-refractivity contribution < 1.29 is 4.79 Å². The van der Waals surface area contributed by atoms with Crippen molar-refractivity contribution >= 4 is 17.1 Å². The maximum Gasteiger partial charge on any atom is 0.335 e. The number of benzene rings is 1. The number of aromatic nitrogens is 4. The number of fused-ring (bicyclic) bond motifs is 1. The van der Waals surface area contributed by atoms with E-state index in [1.807, 2.05) is 43.3 Å². The number of amides is 1. The van der Waals surface area contributed by atoms with Gasteiger partial charge < -0.3 is 5.32 Å². The lowest BCUT2D eigenvalue weighted by molar-refractivity contribution is -0.121. The molecule has 0 aliphatic heterocycles. The first-order valence-electron chi connectivity index (χ1n) is 8.92. The fourth-order valence-corrected chi connectivity index (χ4v) is 3.07. The number of imidazole rings is 1. The summed E-state index contributed by atoms with van der Waals surface area (Å²) in [7, 11) is 0. The van der Waals surface area contributed by atoms with E-state index in [9.17, 15) is 9.59 Å². The highest BCUT2D eigenvalue weighted by Gasteiger charge is 2.17. The molecule has 0 aliphatic rings. The second-order valence-corrected chi connectivity index (χ2v) is 6.52. The van der Waals surface area contributed by atoms with Crippen LogP contribution in [0, 0.1) is 6.92 Å². The molecule has 0 radical (unpaired) electrons. The minimum absolute atomic E-state index is 0.0832. The second-order valence-electron chi connectivity index (χ2n) is 6.52. The van der Waals surface area contributed by atoms with Crippen LogP contribution < -0.4 is 11.0 Å². The van der Waals surface area contributed by atoms with Gasteiger partial charge in [0.15, 0.2) is 5.65 Å². The minimum Gasteiger partial charge on any atom is -0.350 e. The highest BCUT2D eigenvalue weighted by Crippen LogP contribution is 2.16. The predicted molar refractivity (Wildman–Crippen MR) is 106 cm³/mol. The third kappa shape index (κ3) is 3.42. The minimum atomic E-state index is -0.297. The molecule has 0 bridgehead atoms. The largest absolute Gasteiger partial charge is 0.350 e. The number of pyridine rings is 2. The Morgan fingerprint density at radius 2 is 1.86 bits per heavy atom. The van der Waals surface area contributed by atoms with Gasteiger partial charge in [0.1, 0.15) is 6.54 Å². The van der Waals surface area contributed by atoms with Crippen LogP contribution in [0.3, 0.4) is 0 Å². The Bertz CT molecular complexity index is 1180. The summed E-state index contributed by atoms with van der Waals surface area (Å²) in [4.78, 5) is 33.9. The van der Waals surface area contributed by atoms with Gasteiger partial charge in [-0.3, -0.25) is 14.3 Å². The van der Waals surface area contributed by atoms with E-state index in [4.69, 9.17) is 0 Å². The van der Waals surface area contributed by atoms with Crippen LogP contribution in [0.5, 0.6) is 0 Å². The van der Waals surface area contributed by atoms with Crippen LogP contribution in [0.1, 0.15) is 11.1 Å². The smallest absolute Gasteiger partial charge is 0.335 e. The van der Waals surface area contributed by atoms with E-state index in [1.54, 1.807) is 30.7 Å². The lowest BCUT2D eigenvalue weighted by Crippen LogP contribution is -2.32. The predicted octanol–water partition coefficient (Wildman–Crippen LogP) is 2.21. The van der Waals surface area contributed by atoms with E-state index in [1.165, 1.54) is 9.13 Å². The van der Waals surface area contributed by atoms with Crippen molar-refractivity contribution in [3.63, 3.8) is 0 Å². The fraction of sp³-hybridized carbons (Fsp3) is 0.143. The highest BCUT2D eigenvalue weighted by molar-refractivity contribution is 5.80. The van der Waals surface area contributed by atoms with Crippen LogP contribution in [0.4, 0.5) is 0 Å². The number of hydrogen-bond donors (Lipinski definition) is 1. The van der Waals surface area contributed by atoms with Crippen molar-refractivity contribution in [3.8, 4) is 5.69 Å². The fourth-order valence-electron chi connectivity index (χ4n) is 3.07. The van der Waals surface area contributed by atoms with Gasteiger partial charge >= 0.3 is 5.69 Å². The molecule has 0 spiro atoms. The lowest BCUT2D eigenvalue weighted by Gasteiger charge is -2.06. The number of carbonyl (C=O) groups excluding carboxylic acids is 1. The number of hydrogen-bond acceptors (Lipinski definition) is 4. The molecule has 0 fully saturated rings. The summed E-state index contributed by atoms with van der Waals surface area (Å²) in [5, 5.41) is 2.83. The maximum absolute atomic E-state index is 13.1. The van der Waals surface area contributed by atoms with Crippen LogP contribution in [0.2, 0.25) is 0 Å². The zero-order valence-electron chi connectivity index (χ0n) is 15.4. The van der Waals surface area contributed by atoms with Gasteiger partial charge in [0.05, 0.1) is 11.2 Å². The Kier molecular flexibility index (Phi) is 4.72. The zero-order valence-corrected chi connectivity index (χ0v) is 15.4. The Labute approximate surface area is 161 Å². The van der Waals surface area contributed by atoms with Crippen molar-refractivity contribution in [2.45, 2.75) is 20.0 Å². The number of rotatable bonds is 5. The van der Waals surface area contributed by atoms with Gasteiger partial charge in [0.2, 0.25) is 5.91 Å². The Morgan fingerprint density at radius 1 is 1.07 bits per heavy atom. The van der Waals surface area contributed by atoms with Crippen molar-refractivity contribution in [1.29, 1.82) is 0 Å². The number of nitrogens with one attached hydrogen (secondary N) is 1. The van der Waals surface area contributed by atoms with Gasteiger partial charge in [-0.05, 0) is 42.8 Å². The summed E-state index contributed by atoms with van der Waals surface area (Å²) < 4.78 is 2.98. The van der Waals surface area contributed by atoms with Crippen LogP contribution in [-0.2, 0) is 17.9 Å². The third-order valence-electron chi connectivity index (χ3n) is 4.50. The molecular weight excluding hydrogens is 354 g/mol. The summed E-state index contributed by atoms with van der Waals surface area (Å²) in [6, 6.07) is 14.9. The quantitative estimate of drug-likeness (QED) is 0.581. The molecule has 1 aromatic carbocycles. The van der Waals surface area contributed by atoms with E-state index < -0.39 is 0 Å². The van der Waals surface area contributed by atoms with E-state index in [2.05, 4.69) is 15.3 Å². The van der Waals surface area contributed by atoms with Crippen LogP contribution >= 0.6 is 0 Å². The van der Waals surface area contributed by atoms with Gasteiger partial charge in [0, 0.05) is 25.1 Å². The van der Waals surface area contributed by atoms with Gasteiger partial charge in [0.25, 0.3) is 0 Å².